The summed E-state index contributed by atoms with van der Waals surface area (Å²) in [4.78, 5) is 28.0. The summed E-state index contributed by atoms with van der Waals surface area (Å²) in [7, 11) is 0. The van der Waals surface area contributed by atoms with Crippen LogP contribution in [0, 0.1) is 0 Å². The number of carboxylic acids is 2. The summed E-state index contributed by atoms with van der Waals surface area (Å²) in [5, 5.41) is 26.7. The first kappa shape index (κ1) is 34.5. The smallest absolute Gasteiger partial charge is 0.336 e. The number of nitrogens with zero attached hydrogens (tertiary/aromatic N) is 2. The Labute approximate surface area is 333 Å². The zero-order valence-electron chi connectivity index (χ0n) is 31.1. The molecule has 0 fully saturated rings. The van der Waals surface area contributed by atoms with Crippen LogP contribution >= 0.6 is 0 Å². The van der Waals surface area contributed by atoms with Gasteiger partial charge in [-0.05, 0) is 99.6 Å². The van der Waals surface area contributed by atoms with Crippen LogP contribution in [0.1, 0.15) is 20.7 Å². The van der Waals surface area contributed by atoms with E-state index in [-0.39, 0.29) is 11.1 Å². The molecule has 9 aromatic carbocycles. The molecule has 2 N–H and O–H groups in total. The number of benzene rings is 9. The molecule has 0 aliphatic heterocycles. The molecule has 10 aromatic rings. The summed E-state index contributed by atoms with van der Waals surface area (Å²) < 4.78 is 2.29. The molecule has 0 amide bonds. The molecule has 276 valence electrons. The molecular weight excluding hydrogens is 717 g/mol. The van der Waals surface area contributed by atoms with Crippen LogP contribution < -0.4 is 4.90 Å². The number of anilines is 3. The van der Waals surface area contributed by atoms with E-state index in [9.17, 15) is 19.8 Å². The standard InChI is InChI=1S/C52H34N2O4/c55-51(56)42-23-8-6-21-40(42)48-38-19-4-5-20-39(38)49(41-22-7-9-24-43(41)52(57)58)50-44(48)25-14-28-47(50)53(33-15-2-1-3-16-33)34-29-31-35(32-30-34)54-45-26-12-10-17-36(45)37-18-11-13-27-46(37)54/h1-32H,(H,55,56)(H,57,58). The number of aromatic nitrogens is 1. The minimum atomic E-state index is -1.04. The van der Waals surface area contributed by atoms with Crippen molar-refractivity contribution >= 4 is 72.4 Å². The molecule has 0 atom stereocenters. The molecule has 6 heteroatoms. The zero-order valence-corrected chi connectivity index (χ0v) is 31.1. The first-order valence-electron chi connectivity index (χ1n) is 19.1. The highest BCUT2D eigenvalue weighted by Gasteiger charge is 2.26. The number of hydrogen-bond donors (Lipinski definition) is 2. The van der Waals surface area contributed by atoms with E-state index in [4.69, 9.17) is 0 Å². The van der Waals surface area contributed by atoms with Gasteiger partial charge in [-0.15, -0.1) is 0 Å². The third-order valence-electron chi connectivity index (χ3n) is 11.1. The first-order valence-corrected chi connectivity index (χ1v) is 19.1. The molecule has 0 radical (unpaired) electrons. The van der Waals surface area contributed by atoms with Gasteiger partial charge in [0.15, 0.2) is 0 Å². The van der Waals surface area contributed by atoms with Crippen LogP contribution in [0.5, 0.6) is 0 Å². The molecule has 0 saturated heterocycles. The second-order valence-electron chi connectivity index (χ2n) is 14.3. The van der Waals surface area contributed by atoms with E-state index in [1.165, 1.54) is 10.8 Å². The van der Waals surface area contributed by atoms with Crippen molar-refractivity contribution in [2.75, 3.05) is 4.90 Å². The Balaban J connectivity index is 1.30. The van der Waals surface area contributed by atoms with Gasteiger partial charge >= 0.3 is 11.9 Å². The van der Waals surface area contributed by atoms with Gasteiger partial charge < -0.3 is 19.7 Å². The molecule has 0 unspecified atom stereocenters. The second-order valence-corrected chi connectivity index (χ2v) is 14.3. The van der Waals surface area contributed by atoms with E-state index in [0.717, 1.165) is 66.5 Å². The molecule has 0 aliphatic carbocycles. The van der Waals surface area contributed by atoms with Crippen molar-refractivity contribution in [2.45, 2.75) is 0 Å². The number of aromatic carboxylic acids is 2. The van der Waals surface area contributed by atoms with Gasteiger partial charge in [-0.25, -0.2) is 9.59 Å². The van der Waals surface area contributed by atoms with Crippen molar-refractivity contribution in [3.8, 4) is 27.9 Å². The average molecular weight is 751 g/mol. The largest absolute Gasteiger partial charge is 0.478 e. The highest BCUT2D eigenvalue weighted by atomic mass is 16.4. The quantitative estimate of drug-likeness (QED) is 0.151. The summed E-state index contributed by atoms with van der Waals surface area (Å²) in [6.07, 6.45) is 0. The van der Waals surface area contributed by atoms with Gasteiger partial charge in [0.25, 0.3) is 0 Å². The van der Waals surface area contributed by atoms with Crippen LogP contribution in [-0.2, 0) is 0 Å². The van der Waals surface area contributed by atoms with Crippen molar-refractivity contribution < 1.29 is 19.8 Å². The fourth-order valence-electron chi connectivity index (χ4n) is 8.70. The summed E-state index contributed by atoms with van der Waals surface area (Å²) in [6.45, 7) is 0. The monoisotopic (exact) mass is 750 g/mol. The Morgan fingerprint density at radius 2 is 0.845 bits per heavy atom. The number of hydrogen-bond acceptors (Lipinski definition) is 3. The predicted octanol–water partition coefficient (Wildman–Crippen LogP) is 13.3. The molecule has 0 bridgehead atoms. The Kier molecular flexibility index (Phi) is 8.31. The molecule has 58 heavy (non-hydrogen) atoms. The van der Waals surface area contributed by atoms with Crippen LogP contribution in [0.2, 0.25) is 0 Å². The minimum Gasteiger partial charge on any atom is -0.478 e. The van der Waals surface area contributed by atoms with E-state index in [0.29, 0.717) is 11.1 Å². The maximum atomic E-state index is 13.0. The van der Waals surface area contributed by atoms with E-state index in [1.54, 1.807) is 24.3 Å². The van der Waals surface area contributed by atoms with Gasteiger partial charge in [-0.3, -0.25) is 0 Å². The minimum absolute atomic E-state index is 0.171. The number of rotatable bonds is 8. The Morgan fingerprint density at radius 1 is 0.397 bits per heavy atom. The summed E-state index contributed by atoms with van der Waals surface area (Å²) >= 11 is 0. The Hall–Kier alpha value is -7.96. The van der Waals surface area contributed by atoms with Crippen molar-refractivity contribution in [3.63, 3.8) is 0 Å². The lowest BCUT2D eigenvalue weighted by molar-refractivity contribution is 0.0687. The van der Waals surface area contributed by atoms with Crippen molar-refractivity contribution in [1.82, 2.24) is 4.57 Å². The summed E-state index contributed by atoms with van der Waals surface area (Å²) in [5.74, 6) is -2.07. The van der Waals surface area contributed by atoms with Gasteiger partial charge in [-0.1, -0.05) is 127 Å². The molecule has 1 heterocycles. The number of para-hydroxylation sites is 3. The highest BCUT2D eigenvalue weighted by molar-refractivity contribution is 6.27. The Morgan fingerprint density at radius 3 is 1.43 bits per heavy atom. The number of carbonyl (C=O) groups is 2. The lowest BCUT2D eigenvalue weighted by Gasteiger charge is -2.29. The summed E-state index contributed by atoms with van der Waals surface area (Å²) in [5.41, 5.74) is 8.85. The third-order valence-corrected chi connectivity index (χ3v) is 11.1. The molecule has 0 spiro atoms. The van der Waals surface area contributed by atoms with E-state index in [1.807, 2.05) is 78.9 Å². The van der Waals surface area contributed by atoms with Gasteiger partial charge in [0.2, 0.25) is 0 Å². The maximum absolute atomic E-state index is 13.0. The van der Waals surface area contributed by atoms with Gasteiger partial charge in [0.1, 0.15) is 0 Å². The first-order chi connectivity index (χ1) is 28.5. The van der Waals surface area contributed by atoms with Crippen LogP contribution in [0.25, 0.3) is 71.3 Å². The fraction of sp³-hybridized carbons (Fsp3) is 0. The van der Waals surface area contributed by atoms with Crippen LogP contribution in [-0.4, -0.2) is 26.7 Å². The molecule has 0 saturated carbocycles. The normalized spacial score (nSPS) is 11.4. The molecule has 0 aliphatic rings. The van der Waals surface area contributed by atoms with Gasteiger partial charge in [0, 0.05) is 38.8 Å². The number of fused-ring (bicyclic) bond motifs is 5. The maximum Gasteiger partial charge on any atom is 0.336 e. The SMILES string of the molecule is O=C(O)c1ccccc1-c1c2ccccc2c(-c2ccccc2C(=O)O)c2c(N(c3ccccc3)c3ccc(-n4c5ccccc5c5ccccc54)cc3)cccc12. The molecule has 1 aromatic heterocycles. The molecule has 10 rings (SSSR count). The summed E-state index contributed by atoms with van der Waals surface area (Å²) in [6, 6.07) is 63.6. The average Bonchev–Trinajstić information content (AvgIpc) is 3.61. The van der Waals surface area contributed by atoms with Crippen LogP contribution in [0.15, 0.2) is 194 Å². The van der Waals surface area contributed by atoms with E-state index in [2.05, 4.69) is 100 Å². The fourth-order valence-corrected chi connectivity index (χ4v) is 8.70. The highest BCUT2D eigenvalue weighted by Crippen LogP contribution is 2.50. The van der Waals surface area contributed by atoms with Crippen molar-refractivity contribution in [1.29, 1.82) is 0 Å². The lowest BCUT2D eigenvalue weighted by Crippen LogP contribution is -2.11. The van der Waals surface area contributed by atoms with Crippen LogP contribution in [0.4, 0.5) is 17.1 Å². The number of carboxylic acid groups (broad SMARTS) is 2. The van der Waals surface area contributed by atoms with Crippen molar-refractivity contribution in [2.24, 2.45) is 0 Å². The second kappa shape index (κ2) is 14.0. The predicted molar refractivity (Wildman–Crippen MR) is 235 cm³/mol. The van der Waals surface area contributed by atoms with E-state index >= 15 is 0 Å². The van der Waals surface area contributed by atoms with Crippen molar-refractivity contribution in [3.05, 3.63) is 205 Å². The van der Waals surface area contributed by atoms with E-state index < -0.39 is 11.9 Å². The molecular formula is C52H34N2O4. The topological polar surface area (TPSA) is 82.8 Å². The zero-order chi connectivity index (χ0) is 39.3. The van der Waals surface area contributed by atoms with Gasteiger partial charge in [-0.2, -0.15) is 0 Å². The lowest BCUT2D eigenvalue weighted by atomic mass is 9.83. The van der Waals surface area contributed by atoms with Gasteiger partial charge in [0.05, 0.1) is 27.8 Å². The Bertz CT molecular complexity index is 3190. The molecule has 6 nitrogen and oxygen atoms in total. The third kappa shape index (κ3) is 5.50. The van der Waals surface area contributed by atoms with Crippen LogP contribution in [0.3, 0.4) is 0 Å².